The second-order valence-corrected chi connectivity index (χ2v) is 8.63. The maximum absolute atomic E-state index is 11.5. The van der Waals surface area contributed by atoms with Crippen molar-refractivity contribution in [2.24, 2.45) is 5.73 Å². The zero-order valence-corrected chi connectivity index (χ0v) is 21.1. The van der Waals surface area contributed by atoms with E-state index in [2.05, 4.69) is 5.32 Å². The van der Waals surface area contributed by atoms with Crippen molar-refractivity contribution in [1.82, 2.24) is 14.7 Å². The van der Waals surface area contributed by atoms with Crippen LogP contribution in [-0.2, 0) is 35.2 Å². The first kappa shape index (κ1) is 32.9. The Hall–Kier alpha value is -4.12. The molecule has 8 N–H and O–H groups in total. The van der Waals surface area contributed by atoms with E-state index >= 15 is 0 Å². The van der Waals surface area contributed by atoms with E-state index in [0.717, 1.165) is 9.80 Å². The Morgan fingerprint density at radius 2 is 1.13 bits per heavy atom. The molecule has 16 nitrogen and oxygen atoms in total. The number of anilines is 1. The standard InChI is InChI=1S/C23H33N5O11/c24-8-18(29)25-16-3-1-15(2-4-16)7-17(28(13-22(36)37)14-23(38)39)9-26(10-19(30)31)5-6-27(11-20(32)33)12-21(34)35/h1-4,17H,5-14,24H2,(H,25,29)(H,30,31)(H,32,33)(H,34,35)(H,36,37)(H,38,39)/t17-/m1/s1. The van der Waals surface area contributed by atoms with Crippen LogP contribution in [0.25, 0.3) is 0 Å². The molecule has 1 atom stereocenters. The van der Waals surface area contributed by atoms with Gasteiger partial charge in [0.15, 0.2) is 0 Å². The fourth-order valence-electron chi connectivity index (χ4n) is 3.78. The molecule has 1 aromatic carbocycles. The Kier molecular flexibility index (Phi) is 14.1. The SMILES string of the molecule is NCC(=O)Nc1ccc(C[C@H](CN(CCN(CC(=O)O)CC(=O)O)CC(=O)O)N(CC(=O)O)CC(=O)O)cc1. The van der Waals surface area contributed by atoms with Crippen molar-refractivity contribution >= 4 is 41.4 Å². The zero-order valence-electron chi connectivity index (χ0n) is 21.1. The number of nitrogens with zero attached hydrogens (tertiary/aromatic N) is 3. The number of amides is 1. The first-order valence-electron chi connectivity index (χ1n) is 11.7. The first-order chi connectivity index (χ1) is 18.3. The average molecular weight is 556 g/mol. The number of carbonyl (C=O) groups is 6. The maximum atomic E-state index is 11.5. The predicted octanol–water partition coefficient (Wildman–Crippen LogP) is -2.18. The van der Waals surface area contributed by atoms with Crippen LogP contribution in [0.4, 0.5) is 5.69 Å². The van der Waals surface area contributed by atoms with Gasteiger partial charge in [-0.05, 0) is 24.1 Å². The van der Waals surface area contributed by atoms with Gasteiger partial charge in [0.05, 0.1) is 39.3 Å². The molecule has 216 valence electrons. The van der Waals surface area contributed by atoms with E-state index in [4.69, 9.17) is 15.9 Å². The molecule has 16 heteroatoms. The lowest BCUT2D eigenvalue weighted by Gasteiger charge is -2.34. The number of benzene rings is 1. The molecular formula is C23H33N5O11. The largest absolute Gasteiger partial charge is 0.480 e. The van der Waals surface area contributed by atoms with Gasteiger partial charge in [0.1, 0.15) is 0 Å². The molecule has 0 aliphatic heterocycles. The third kappa shape index (κ3) is 14.4. The number of nitrogens with one attached hydrogen (secondary N) is 1. The highest BCUT2D eigenvalue weighted by atomic mass is 16.4. The second kappa shape index (κ2) is 16.7. The topological polar surface area (TPSA) is 251 Å². The summed E-state index contributed by atoms with van der Waals surface area (Å²) in [6.07, 6.45) is 0.0930. The van der Waals surface area contributed by atoms with Crippen molar-refractivity contribution in [2.45, 2.75) is 12.5 Å². The van der Waals surface area contributed by atoms with Gasteiger partial charge < -0.3 is 36.6 Å². The highest BCUT2D eigenvalue weighted by Gasteiger charge is 2.27. The normalized spacial score (nSPS) is 11.9. The van der Waals surface area contributed by atoms with Gasteiger partial charge in [0.25, 0.3) is 0 Å². The number of carbonyl (C=O) groups excluding carboxylic acids is 1. The summed E-state index contributed by atoms with van der Waals surface area (Å²) in [5.74, 6) is -6.84. The Labute approximate surface area is 223 Å². The summed E-state index contributed by atoms with van der Waals surface area (Å²) in [5, 5.41) is 48.8. The number of hydrogen-bond donors (Lipinski definition) is 7. The number of aliphatic carboxylic acids is 5. The highest BCUT2D eigenvalue weighted by molar-refractivity contribution is 5.92. The second-order valence-electron chi connectivity index (χ2n) is 8.63. The van der Waals surface area contributed by atoms with Crippen LogP contribution in [-0.4, -0.2) is 141 Å². The van der Waals surface area contributed by atoms with Gasteiger partial charge in [-0.3, -0.25) is 43.5 Å². The summed E-state index contributed by atoms with van der Waals surface area (Å²) < 4.78 is 0. The van der Waals surface area contributed by atoms with Crippen LogP contribution in [0.5, 0.6) is 0 Å². The summed E-state index contributed by atoms with van der Waals surface area (Å²) in [7, 11) is 0. The fourth-order valence-corrected chi connectivity index (χ4v) is 3.78. The minimum absolute atomic E-state index is 0.0930. The predicted molar refractivity (Wildman–Crippen MR) is 134 cm³/mol. The molecule has 0 heterocycles. The summed E-state index contributed by atoms with van der Waals surface area (Å²) in [5.41, 5.74) is 6.35. The van der Waals surface area contributed by atoms with Crippen molar-refractivity contribution < 1.29 is 54.3 Å². The molecule has 39 heavy (non-hydrogen) atoms. The Bertz CT molecular complexity index is 986. The van der Waals surface area contributed by atoms with E-state index < -0.39 is 74.5 Å². The quantitative estimate of drug-likeness (QED) is 0.0903. The van der Waals surface area contributed by atoms with E-state index in [9.17, 15) is 44.1 Å². The van der Waals surface area contributed by atoms with Gasteiger partial charge in [-0.25, -0.2) is 0 Å². The zero-order chi connectivity index (χ0) is 29.5. The molecule has 0 fully saturated rings. The van der Waals surface area contributed by atoms with Crippen molar-refractivity contribution in [3.8, 4) is 0 Å². The molecule has 1 amide bonds. The Morgan fingerprint density at radius 3 is 1.56 bits per heavy atom. The smallest absolute Gasteiger partial charge is 0.317 e. The molecule has 1 rings (SSSR count). The molecule has 0 unspecified atom stereocenters. The third-order valence-electron chi connectivity index (χ3n) is 5.37. The number of carboxylic acids is 5. The number of hydrogen-bond acceptors (Lipinski definition) is 10. The van der Waals surface area contributed by atoms with E-state index in [-0.39, 0.29) is 32.6 Å². The molecule has 1 aromatic rings. The summed E-state index contributed by atoms with van der Waals surface area (Å²) in [4.78, 5) is 71.8. The van der Waals surface area contributed by atoms with Gasteiger partial charge in [-0.2, -0.15) is 0 Å². The maximum Gasteiger partial charge on any atom is 0.317 e. The van der Waals surface area contributed by atoms with Crippen molar-refractivity contribution in [1.29, 1.82) is 0 Å². The first-order valence-corrected chi connectivity index (χ1v) is 11.7. The van der Waals surface area contributed by atoms with E-state index in [1.807, 2.05) is 0 Å². The monoisotopic (exact) mass is 555 g/mol. The Balaban J connectivity index is 3.23. The van der Waals surface area contributed by atoms with Crippen LogP contribution < -0.4 is 11.1 Å². The molecular weight excluding hydrogens is 522 g/mol. The van der Waals surface area contributed by atoms with Crippen molar-refractivity contribution in [2.75, 3.05) is 64.2 Å². The lowest BCUT2D eigenvalue weighted by Crippen LogP contribution is -2.51. The molecule has 0 aliphatic rings. The number of rotatable bonds is 20. The molecule has 0 radical (unpaired) electrons. The molecule has 0 saturated heterocycles. The minimum Gasteiger partial charge on any atom is -0.480 e. The van der Waals surface area contributed by atoms with E-state index in [1.54, 1.807) is 24.3 Å². The van der Waals surface area contributed by atoms with E-state index in [1.165, 1.54) is 4.90 Å². The lowest BCUT2D eigenvalue weighted by molar-refractivity contribution is -0.144. The van der Waals surface area contributed by atoms with Gasteiger partial charge in [-0.15, -0.1) is 0 Å². The lowest BCUT2D eigenvalue weighted by atomic mass is 10.0. The Morgan fingerprint density at radius 1 is 0.692 bits per heavy atom. The van der Waals surface area contributed by atoms with Gasteiger partial charge in [0.2, 0.25) is 5.91 Å². The van der Waals surface area contributed by atoms with Crippen LogP contribution in [0.3, 0.4) is 0 Å². The molecule has 0 spiro atoms. The van der Waals surface area contributed by atoms with Crippen molar-refractivity contribution in [3.63, 3.8) is 0 Å². The summed E-state index contributed by atoms with van der Waals surface area (Å²) in [6, 6.07) is 5.57. The summed E-state index contributed by atoms with van der Waals surface area (Å²) in [6.45, 7) is -3.66. The molecule has 0 aliphatic carbocycles. The van der Waals surface area contributed by atoms with Gasteiger partial charge >= 0.3 is 29.8 Å². The molecule has 0 saturated carbocycles. The fraction of sp³-hybridized carbons (Fsp3) is 0.478. The molecule has 0 bridgehead atoms. The van der Waals surface area contributed by atoms with Crippen LogP contribution in [0.15, 0.2) is 24.3 Å². The minimum atomic E-state index is -1.31. The van der Waals surface area contributed by atoms with E-state index in [0.29, 0.717) is 11.3 Å². The number of nitrogens with two attached hydrogens (primary N) is 1. The summed E-state index contributed by atoms with van der Waals surface area (Å²) >= 11 is 0. The van der Waals surface area contributed by atoms with Crippen LogP contribution in [0.1, 0.15) is 5.56 Å². The van der Waals surface area contributed by atoms with Gasteiger partial charge in [-0.1, -0.05) is 12.1 Å². The van der Waals surface area contributed by atoms with Gasteiger partial charge in [0, 0.05) is 31.4 Å². The molecule has 0 aromatic heterocycles. The van der Waals surface area contributed by atoms with Crippen LogP contribution in [0.2, 0.25) is 0 Å². The average Bonchev–Trinajstić information content (AvgIpc) is 2.81. The van der Waals surface area contributed by atoms with Crippen LogP contribution >= 0.6 is 0 Å². The van der Waals surface area contributed by atoms with Crippen LogP contribution in [0, 0.1) is 0 Å². The number of carboxylic acid groups (broad SMARTS) is 5. The third-order valence-corrected chi connectivity index (χ3v) is 5.37. The van der Waals surface area contributed by atoms with Crippen molar-refractivity contribution in [3.05, 3.63) is 29.8 Å². The highest BCUT2D eigenvalue weighted by Crippen LogP contribution is 2.15.